The van der Waals surface area contributed by atoms with Gasteiger partial charge in [-0.2, -0.15) is 0 Å². The van der Waals surface area contributed by atoms with E-state index in [-0.39, 0.29) is 0 Å². The van der Waals surface area contributed by atoms with E-state index in [0.29, 0.717) is 5.41 Å². The van der Waals surface area contributed by atoms with Gasteiger partial charge in [-0.1, -0.05) is 0 Å². The van der Waals surface area contributed by atoms with Gasteiger partial charge in [0.1, 0.15) is 0 Å². The van der Waals surface area contributed by atoms with E-state index in [4.69, 9.17) is 4.74 Å². The fraction of sp³-hybridized carbons (Fsp3) is 0.583. The zero-order valence-electron chi connectivity index (χ0n) is 8.33. The molecule has 0 saturated carbocycles. The summed E-state index contributed by atoms with van der Waals surface area (Å²) in [4.78, 5) is 4.20. The smallest absolute Gasteiger partial charge is 0.0474 e. The highest BCUT2D eigenvalue weighted by Crippen LogP contribution is 2.45. The standard InChI is InChI=1S/C12H15NO/c1-3-12(4-7-14-8-5-12)11-2-6-13-9-10(1)11/h2,6,9H,1,3-5,7-8H2. The third kappa shape index (κ3) is 1.10. The molecular weight excluding hydrogens is 174 g/mol. The molecule has 0 atom stereocenters. The van der Waals surface area contributed by atoms with E-state index in [1.807, 2.05) is 12.4 Å². The maximum Gasteiger partial charge on any atom is 0.0474 e. The number of aryl methyl sites for hydroxylation is 1. The van der Waals surface area contributed by atoms with Gasteiger partial charge < -0.3 is 4.74 Å². The summed E-state index contributed by atoms with van der Waals surface area (Å²) in [6.07, 6.45) is 8.88. The first-order chi connectivity index (χ1) is 6.91. The van der Waals surface area contributed by atoms with Gasteiger partial charge in [-0.15, -0.1) is 0 Å². The predicted molar refractivity (Wildman–Crippen MR) is 54.3 cm³/mol. The number of aromatic nitrogens is 1. The van der Waals surface area contributed by atoms with Crippen molar-refractivity contribution in [1.82, 2.24) is 4.98 Å². The lowest BCUT2D eigenvalue weighted by molar-refractivity contribution is 0.0506. The van der Waals surface area contributed by atoms with Gasteiger partial charge in [-0.25, -0.2) is 0 Å². The van der Waals surface area contributed by atoms with Gasteiger partial charge in [0.05, 0.1) is 0 Å². The topological polar surface area (TPSA) is 22.1 Å². The molecule has 2 heterocycles. The molecule has 1 aliphatic carbocycles. The van der Waals surface area contributed by atoms with Crippen LogP contribution in [0.25, 0.3) is 0 Å². The Kier molecular flexibility index (Phi) is 1.84. The molecule has 0 unspecified atom stereocenters. The molecule has 1 aromatic heterocycles. The zero-order valence-corrected chi connectivity index (χ0v) is 8.33. The summed E-state index contributed by atoms with van der Waals surface area (Å²) in [7, 11) is 0. The maximum atomic E-state index is 5.46. The number of hydrogen-bond acceptors (Lipinski definition) is 2. The Morgan fingerprint density at radius 2 is 2.07 bits per heavy atom. The second-order valence-electron chi connectivity index (χ2n) is 4.43. The highest BCUT2D eigenvalue weighted by Gasteiger charge is 2.39. The molecule has 0 amide bonds. The molecule has 1 saturated heterocycles. The molecule has 74 valence electrons. The Labute approximate surface area is 84.3 Å². The summed E-state index contributed by atoms with van der Waals surface area (Å²) in [6, 6.07) is 2.22. The van der Waals surface area contributed by atoms with Crippen molar-refractivity contribution in [2.75, 3.05) is 13.2 Å². The van der Waals surface area contributed by atoms with Crippen LogP contribution in [0, 0.1) is 0 Å². The van der Waals surface area contributed by atoms with Crippen molar-refractivity contribution >= 4 is 0 Å². The van der Waals surface area contributed by atoms with Crippen LogP contribution in [-0.4, -0.2) is 18.2 Å². The maximum absolute atomic E-state index is 5.46. The first-order valence-electron chi connectivity index (χ1n) is 5.42. The SMILES string of the molecule is c1cc2c(cn1)CCC21CCOCC1. The first kappa shape index (κ1) is 8.42. The number of nitrogens with zero attached hydrogens (tertiary/aromatic N) is 1. The Morgan fingerprint density at radius 3 is 2.93 bits per heavy atom. The lowest BCUT2D eigenvalue weighted by Crippen LogP contribution is -2.31. The van der Waals surface area contributed by atoms with Gasteiger partial charge in [-0.3, -0.25) is 4.98 Å². The van der Waals surface area contributed by atoms with Crippen LogP contribution in [0.5, 0.6) is 0 Å². The summed E-state index contributed by atoms with van der Waals surface area (Å²) in [5.74, 6) is 0. The molecule has 1 aromatic rings. The van der Waals surface area contributed by atoms with Crippen LogP contribution < -0.4 is 0 Å². The zero-order chi connectivity index (χ0) is 9.43. The predicted octanol–water partition coefficient (Wildman–Crippen LogP) is 2.08. The fourth-order valence-corrected chi connectivity index (χ4v) is 2.93. The Morgan fingerprint density at radius 1 is 1.21 bits per heavy atom. The summed E-state index contributed by atoms with van der Waals surface area (Å²) in [6.45, 7) is 1.86. The quantitative estimate of drug-likeness (QED) is 0.623. The van der Waals surface area contributed by atoms with Crippen molar-refractivity contribution in [3.05, 3.63) is 29.6 Å². The molecule has 0 N–H and O–H groups in total. The lowest BCUT2D eigenvalue weighted by Gasteiger charge is -2.34. The average Bonchev–Trinajstić information content (AvgIpc) is 2.60. The summed E-state index contributed by atoms with van der Waals surface area (Å²) in [5, 5.41) is 0. The molecule has 2 heteroatoms. The molecule has 1 fully saturated rings. The second kappa shape index (κ2) is 3.06. The minimum atomic E-state index is 0.441. The van der Waals surface area contributed by atoms with Gasteiger partial charge in [-0.05, 0) is 42.9 Å². The lowest BCUT2D eigenvalue weighted by atomic mass is 9.76. The fourth-order valence-electron chi connectivity index (χ4n) is 2.93. The molecule has 2 aliphatic rings. The van der Waals surface area contributed by atoms with E-state index in [1.54, 1.807) is 5.56 Å². The molecule has 2 nitrogen and oxygen atoms in total. The molecule has 14 heavy (non-hydrogen) atoms. The van der Waals surface area contributed by atoms with Gasteiger partial charge in [0.25, 0.3) is 0 Å². The highest BCUT2D eigenvalue weighted by molar-refractivity contribution is 5.37. The van der Waals surface area contributed by atoms with Crippen molar-refractivity contribution in [1.29, 1.82) is 0 Å². The van der Waals surface area contributed by atoms with Crippen molar-refractivity contribution in [3.8, 4) is 0 Å². The van der Waals surface area contributed by atoms with Crippen LogP contribution in [-0.2, 0) is 16.6 Å². The van der Waals surface area contributed by atoms with E-state index in [1.165, 1.54) is 31.2 Å². The van der Waals surface area contributed by atoms with Gasteiger partial charge in [0.2, 0.25) is 0 Å². The van der Waals surface area contributed by atoms with Crippen LogP contribution in [0.1, 0.15) is 30.4 Å². The summed E-state index contributed by atoms with van der Waals surface area (Å²) in [5.41, 5.74) is 3.46. The average molecular weight is 189 g/mol. The molecular formula is C12H15NO. The van der Waals surface area contributed by atoms with E-state index in [9.17, 15) is 0 Å². The summed E-state index contributed by atoms with van der Waals surface area (Å²) >= 11 is 0. The van der Waals surface area contributed by atoms with E-state index < -0.39 is 0 Å². The number of hydrogen-bond donors (Lipinski definition) is 0. The van der Waals surface area contributed by atoms with Crippen molar-refractivity contribution < 1.29 is 4.74 Å². The Hall–Kier alpha value is -0.890. The van der Waals surface area contributed by atoms with Crippen LogP contribution >= 0.6 is 0 Å². The minimum absolute atomic E-state index is 0.441. The highest BCUT2D eigenvalue weighted by atomic mass is 16.5. The number of fused-ring (bicyclic) bond motifs is 2. The van der Waals surface area contributed by atoms with E-state index >= 15 is 0 Å². The molecule has 3 rings (SSSR count). The van der Waals surface area contributed by atoms with Gasteiger partial charge in [0, 0.05) is 31.0 Å². The van der Waals surface area contributed by atoms with Gasteiger partial charge >= 0.3 is 0 Å². The second-order valence-corrected chi connectivity index (χ2v) is 4.43. The van der Waals surface area contributed by atoms with E-state index in [0.717, 1.165) is 13.2 Å². The normalized spacial score (nSPS) is 23.7. The third-order valence-electron chi connectivity index (χ3n) is 3.80. The molecule has 0 radical (unpaired) electrons. The van der Waals surface area contributed by atoms with Gasteiger partial charge in [0.15, 0.2) is 0 Å². The first-order valence-corrected chi connectivity index (χ1v) is 5.42. The Balaban J connectivity index is 2.03. The van der Waals surface area contributed by atoms with E-state index in [2.05, 4.69) is 11.1 Å². The van der Waals surface area contributed by atoms with Crippen LogP contribution in [0.3, 0.4) is 0 Å². The number of pyridine rings is 1. The number of rotatable bonds is 0. The monoisotopic (exact) mass is 189 g/mol. The number of ether oxygens (including phenoxy) is 1. The molecule has 1 aliphatic heterocycles. The Bertz CT molecular complexity index is 336. The van der Waals surface area contributed by atoms with Crippen molar-refractivity contribution in [2.24, 2.45) is 0 Å². The molecule has 0 aromatic carbocycles. The van der Waals surface area contributed by atoms with Crippen LogP contribution in [0.2, 0.25) is 0 Å². The third-order valence-corrected chi connectivity index (χ3v) is 3.80. The van der Waals surface area contributed by atoms with Crippen molar-refractivity contribution in [2.45, 2.75) is 31.1 Å². The van der Waals surface area contributed by atoms with Crippen LogP contribution in [0.4, 0.5) is 0 Å². The largest absolute Gasteiger partial charge is 0.381 e. The van der Waals surface area contributed by atoms with Crippen LogP contribution in [0.15, 0.2) is 18.5 Å². The minimum Gasteiger partial charge on any atom is -0.381 e. The molecule has 1 spiro atoms. The van der Waals surface area contributed by atoms with Crippen molar-refractivity contribution in [3.63, 3.8) is 0 Å². The summed E-state index contributed by atoms with van der Waals surface area (Å²) < 4.78 is 5.46. The molecule has 0 bridgehead atoms.